The Balaban J connectivity index is 2.23. The van der Waals surface area contributed by atoms with E-state index >= 15 is 0 Å². The lowest BCUT2D eigenvalue weighted by Crippen LogP contribution is -2.15. The molecule has 108 valence electrons. The zero-order valence-electron chi connectivity index (χ0n) is 11.0. The van der Waals surface area contributed by atoms with Gasteiger partial charge in [0, 0.05) is 11.6 Å². The molecule has 3 nitrogen and oxygen atoms in total. The standard InChI is InChI=1S/C14H10Cl2N2OS2/c1-2-18-12-9(16)6-8(15)7-11(12)21-14(18)17-13(19)10-4-3-5-20-10/h3-7H,2H2,1H3. The highest BCUT2D eigenvalue weighted by molar-refractivity contribution is 7.16. The number of nitrogens with zero attached hydrogens (tertiary/aromatic N) is 2. The van der Waals surface area contributed by atoms with Gasteiger partial charge in [-0.05, 0) is 30.5 Å². The normalized spacial score (nSPS) is 12.2. The Bertz CT molecular complexity index is 878. The fourth-order valence-corrected chi connectivity index (χ4v) is 4.53. The third-order valence-electron chi connectivity index (χ3n) is 2.94. The number of rotatable bonds is 2. The number of carbonyl (C=O) groups is 1. The molecule has 0 saturated heterocycles. The topological polar surface area (TPSA) is 34.4 Å². The van der Waals surface area contributed by atoms with E-state index in [1.807, 2.05) is 29.0 Å². The quantitative estimate of drug-likeness (QED) is 0.647. The van der Waals surface area contributed by atoms with Crippen LogP contribution in [0.4, 0.5) is 0 Å². The summed E-state index contributed by atoms with van der Waals surface area (Å²) in [4.78, 5) is 17.6. The van der Waals surface area contributed by atoms with Crippen molar-refractivity contribution < 1.29 is 4.79 Å². The van der Waals surface area contributed by atoms with Gasteiger partial charge in [-0.25, -0.2) is 0 Å². The zero-order valence-corrected chi connectivity index (χ0v) is 14.1. The molecule has 21 heavy (non-hydrogen) atoms. The first-order chi connectivity index (χ1) is 10.1. The van der Waals surface area contributed by atoms with Crippen LogP contribution in [0.5, 0.6) is 0 Å². The monoisotopic (exact) mass is 356 g/mol. The highest BCUT2D eigenvalue weighted by Crippen LogP contribution is 2.29. The minimum absolute atomic E-state index is 0.235. The number of aromatic nitrogens is 1. The maximum atomic E-state index is 12.2. The van der Waals surface area contributed by atoms with Gasteiger partial charge in [-0.3, -0.25) is 4.79 Å². The van der Waals surface area contributed by atoms with Crippen molar-refractivity contribution in [3.05, 3.63) is 49.4 Å². The molecular formula is C14H10Cl2N2OS2. The van der Waals surface area contributed by atoms with Crippen molar-refractivity contribution in [3.8, 4) is 0 Å². The summed E-state index contributed by atoms with van der Waals surface area (Å²) in [5, 5.41) is 3.01. The molecule has 0 radical (unpaired) electrons. The number of fused-ring (bicyclic) bond motifs is 1. The second kappa shape index (κ2) is 5.93. The Labute approximate surface area is 139 Å². The van der Waals surface area contributed by atoms with E-state index in [1.165, 1.54) is 22.7 Å². The van der Waals surface area contributed by atoms with Gasteiger partial charge in [-0.15, -0.1) is 11.3 Å². The van der Waals surface area contributed by atoms with Gasteiger partial charge in [0.15, 0.2) is 4.80 Å². The molecule has 2 heterocycles. The van der Waals surface area contributed by atoms with E-state index in [0.29, 0.717) is 26.3 Å². The minimum Gasteiger partial charge on any atom is -0.315 e. The van der Waals surface area contributed by atoms with Crippen LogP contribution in [0.15, 0.2) is 34.6 Å². The second-order valence-corrected chi connectivity index (χ2v) is 7.06. The van der Waals surface area contributed by atoms with E-state index < -0.39 is 0 Å². The number of amides is 1. The Kier molecular flexibility index (Phi) is 4.17. The molecule has 0 saturated carbocycles. The van der Waals surface area contributed by atoms with Crippen molar-refractivity contribution in [1.29, 1.82) is 0 Å². The summed E-state index contributed by atoms with van der Waals surface area (Å²) >= 11 is 15.1. The van der Waals surface area contributed by atoms with Crippen molar-refractivity contribution in [2.45, 2.75) is 13.5 Å². The molecule has 3 aromatic rings. The minimum atomic E-state index is -0.235. The summed E-state index contributed by atoms with van der Waals surface area (Å²) in [5.74, 6) is -0.235. The second-order valence-electron chi connectivity index (χ2n) is 4.26. The molecule has 0 N–H and O–H groups in total. The number of carbonyl (C=O) groups excluding carboxylic acids is 1. The number of benzene rings is 1. The predicted octanol–water partition coefficient (Wildman–Crippen LogP) is 4.83. The van der Waals surface area contributed by atoms with E-state index in [2.05, 4.69) is 4.99 Å². The summed E-state index contributed by atoms with van der Waals surface area (Å²) in [6, 6.07) is 7.15. The summed E-state index contributed by atoms with van der Waals surface area (Å²) < 4.78 is 2.86. The largest absolute Gasteiger partial charge is 0.315 e. The zero-order chi connectivity index (χ0) is 15.0. The first-order valence-electron chi connectivity index (χ1n) is 6.21. The Morgan fingerprint density at radius 2 is 2.19 bits per heavy atom. The first-order valence-corrected chi connectivity index (χ1v) is 8.66. The molecule has 7 heteroatoms. The molecule has 2 aromatic heterocycles. The van der Waals surface area contributed by atoms with Crippen LogP contribution in [0.3, 0.4) is 0 Å². The first kappa shape index (κ1) is 14.8. The Hall–Kier alpha value is -1.14. The molecule has 0 spiro atoms. The lowest BCUT2D eigenvalue weighted by molar-refractivity contribution is 0.100. The SMILES string of the molecule is CCn1c(=NC(=O)c2cccs2)sc2cc(Cl)cc(Cl)c21. The molecule has 0 aliphatic carbocycles. The van der Waals surface area contributed by atoms with Gasteiger partial charge in [0.05, 0.1) is 20.1 Å². The summed E-state index contributed by atoms with van der Waals surface area (Å²) in [6.45, 7) is 2.67. The average Bonchev–Trinajstić information content (AvgIpc) is 3.05. The molecule has 1 aromatic carbocycles. The fourth-order valence-electron chi connectivity index (χ4n) is 2.05. The predicted molar refractivity (Wildman–Crippen MR) is 89.7 cm³/mol. The third-order valence-corrected chi connectivity index (χ3v) is 5.33. The van der Waals surface area contributed by atoms with Crippen LogP contribution in [0.2, 0.25) is 10.0 Å². The van der Waals surface area contributed by atoms with E-state index in [-0.39, 0.29) is 5.91 Å². The third kappa shape index (κ3) is 2.79. The summed E-state index contributed by atoms with van der Waals surface area (Å²) in [7, 11) is 0. The Morgan fingerprint density at radius 1 is 1.38 bits per heavy atom. The van der Waals surface area contributed by atoms with Crippen LogP contribution in [0, 0.1) is 0 Å². The molecule has 1 amide bonds. The van der Waals surface area contributed by atoms with Crippen LogP contribution in [-0.4, -0.2) is 10.5 Å². The van der Waals surface area contributed by atoms with Crippen LogP contribution in [0.1, 0.15) is 16.6 Å². The molecule has 0 aliphatic heterocycles. The van der Waals surface area contributed by atoms with E-state index in [1.54, 1.807) is 12.1 Å². The number of halogens is 2. The van der Waals surface area contributed by atoms with Gasteiger partial charge in [0.1, 0.15) is 0 Å². The highest BCUT2D eigenvalue weighted by Gasteiger charge is 2.12. The fraction of sp³-hybridized carbons (Fsp3) is 0.143. The van der Waals surface area contributed by atoms with Crippen molar-refractivity contribution in [2.75, 3.05) is 0 Å². The number of thiophene rings is 1. The van der Waals surface area contributed by atoms with Crippen LogP contribution < -0.4 is 4.80 Å². The Morgan fingerprint density at radius 3 is 2.86 bits per heavy atom. The van der Waals surface area contributed by atoms with Crippen LogP contribution in [0.25, 0.3) is 10.2 Å². The van der Waals surface area contributed by atoms with E-state index in [9.17, 15) is 4.79 Å². The smallest absolute Gasteiger partial charge is 0.289 e. The molecule has 0 atom stereocenters. The molecular weight excluding hydrogens is 347 g/mol. The molecule has 0 aliphatic rings. The van der Waals surface area contributed by atoms with Gasteiger partial charge in [-0.1, -0.05) is 40.6 Å². The lowest BCUT2D eigenvalue weighted by atomic mass is 10.3. The molecule has 0 bridgehead atoms. The lowest BCUT2D eigenvalue weighted by Gasteiger charge is -2.02. The summed E-state index contributed by atoms with van der Waals surface area (Å²) in [6.07, 6.45) is 0. The highest BCUT2D eigenvalue weighted by atomic mass is 35.5. The number of thiazole rings is 1. The molecule has 0 fully saturated rings. The number of aryl methyl sites for hydroxylation is 1. The maximum absolute atomic E-state index is 12.2. The summed E-state index contributed by atoms with van der Waals surface area (Å²) in [5.41, 5.74) is 0.867. The van der Waals surface area contributed by atoms with Gasteiger partial charge in [0.25, 0.3) is 5.91 Å². The van der Waals surface area contributed by atoms with Gasteiger partial charge in [-0.2, -0.15) is 4.99 Å². The van der Waals surface area contributed by atoms with Crippen molar-refractivity contribution in [3.63, 3.8) is 0 Å². The van der Waals surface area contributed by atoms with E-state index in [0.717, 1.165) is 10.2 Å². The maximum Gasteiger partial charge on any atom is 0.289 e. The van der Waals surface area contributed by atoms with Crippen molar-refractivity contribution in [2.24, 2.45) is 4.99 Å². The van der Waals surface area contributed by atoms with Crippen molar-refractivity contribution >= 4 is 62.0 Å². The van der Waals surface area contributed by atoms with Crippen LogP contribution >= 0.6 is 45.9 Å². The van der Waals surface area contributed by atoms with Gasteiger partial charge < -0.3 is 4.57 Å². The number of hydrogen-bond acceptors (Lipinski definition) is 3. The van der Waals surface area contributed by atoms with E-state index in [4.69, 9.17) is 23.2 Å². The molecule has 3 rings (SSSR count). The van der Waals surface area contributed by atoms with Gasteiger partial charge in [0.2, 0.25) is 0 Å². The van der Waals surface area contributed by atoms with Crippen molar-refractivity contribution in [1.82, 2.24) is 4.57 Å². The van der Waals surface area contributed by atoms with Gasteiger partial charge >= 0.3 is 0 Å². The molecule has 0 unspecified atom stereocenters. The average molecular weight is 357 g/mol. The number of hydrogen-bond donors (Lipinski definition) is 0. The van der Waals surface area contributed by atoms with Crippen LogP contribution in [-0.2, 0) is 6.54 Å².